The predicted octanol–water partition coefficient (Wildman–Crippen LogP) is 2.39. The normalized spacial score (nSPS) is 10.5. The van der Waals surface area contributed by atoms with E-state index in [1.54, 1.807) is 17.2 Å². The Bertz CT molecular complexity index is 738. The fourth-order valence-corrected chi connectivity index (χ4v) is 2.05. The lowest BCUT2D eigenvalue weighted by molar-refractivity contribution is 0.920. The van der Waals surface area contributed by atoms with Crippen molar-refractivity contribution in [3.63, 3.8) is 0 Å². The van der Waals surface area contributed by atoms with Gasteiger partial charge >= 0.3 is 0 Å². The van der Waals surface area contributed by atoms with Crippen LogP contribution in [-0.4, -0.2) is 24.5 Å². The molecule has 0 spiro atoms. The third-order valence-corrected chi connectivity index (χ3v) is 3.19. The van der Waals surface area contributed by atoms with Crippen LogP contribution in [0.2, 0.25) is 0 Å². The van der Waals surface area contributed by atoms with E-state index in [2.05, 4.69) is 27.2 Å². The Morgan fingerprint density at radius 3 is 2.71 bits per heavy atom. The topological polar surface area (TPSA) is 60.6 Å². The standard InChI is InChI=1S/C15H16N6/c1-3-21-10-12(9-18-21)8-16-14-6-4-13(5-7-14)15-19-17-11-20(15)2/h3-7,9-11,16H,1,8H2,2H3. The Labute approximate surface area is 122 Å². The van der Waals surface area contributed by atoms with Gasteiger partial charge in [-0.3, -0.25) is 0 Å². The average Bonchev–Trinajstić information content (AvgIpc) is 3.14. The summed E-state index contributed by atoms with van der Waals surface area (Å²) in [6, 6.07) is 8.11. The van der Waals surface area contributed by atoms with Crippen LogP contribution in [0.1, 0.15) is 5.56 Å². The lowest BCUT2D eigenvalue weighted by Gasteiger charge is -2.06. The third-order valence-electron chi connectivity index (χ3n) is 3.19. The Kier molecular flexibility index (Phi) is 3.51. The number of hydrogen-bond donors (Lipinski definition) is 1. The highest BCUT2D eigenvalue weighted by Gasteiger charge is 2.04. The second kappa shape index (κ2) is 5.62. The first-order valence-electron chi connectivity index (χ1n) is 6.60. The van der Waals surface area contributed by atoms with Gasteiger partial charge in [0.2, 0.25) is 0 Å². The average molecular weight is 280 g/mol. The summed E-state index contributed by atoms with van der Waals surface area (Å²) in [6.07, 6.45) is 7.12. The van der Waals surface area contributed by atoms with E-state index in [1.807, 2.05) is 48.3 Å². The SMILES string of the molecule is C=Cn1cc(CNc2ccc(-c3nncn3C)cc2)cn1. The zero-order valence-electron chi connectivity index (χ0n) is 11.8. The number of hydrogen-bond acceptors (Lipinski definition) is 4. The molecule has 0 bridgehead atoms. The van der Waals surface area contributed by atoms with E-state index in [9.17, 15) is 0 Å². The molecule has 0 aliphatic rings. The van der Waals surface area contributed by atoms with E-state index < -0.39 is 0 Å². The zero-order valence-corrected chi connectivity index (χ0v) is 11.8. The van der Waals surface area contributed by atoms with Crippen molar-refractivity contribution >= 4 is 11.9 Å². The molecule has 0 atom stereocenters. The summed E-state index contributed by atoms with van der Waals surface area (Å²) in [5.74, 6) is 0.855. The molecular weight excluding hydrogens is 264 g/mol. The molecule has 3 aromatic rings. The molecule has 0 radical (unpaired) electrons. The maximum atomic E-state index is 4.15. The van der Waals surface area contributed by atoms with Gasteiger partial charge in [0.25, 0.3) is 0 Å². The van der Waals surface area contributed by atoms with Crippen LogP contribution in [0.5, 0.6) is 0 Å². The molecule has 0 aliphatic carbocycles. The predicted molar refractivity (Wildman–Crippen MR) is 82.4 cm³/mol. The largest absolute Gasteiger partial charge is 0.381 e. The van der Waals surface area contributed by atoms with Gasteiger partial charge in [0.1, 0.15) is 6.33 Å². The summed E-state index contributed by atoms with van der Waals surface area (Å²) in [6.45, 7) is 4.39. The second-order valence-electron chi connectivity index (χ2n) is 4.71. The zero-order chi connectivity index (χ0) is 14.7. The summed E-state index contributed by atoms with van der Waals surface area (Å²) >= 11 is 0. The lowest BCUT2D eigenvalue weighted by Crippen LogP contribution is -1.98. The molecule has 1 aromatic carbocycles. The molecule has 0 amide bonds. The van der Waals surface area contributed by atoms with Crippen LogP contribution in [0.25, 0.3) is 17.6 Å². The molecule has 2 aromatic heterocycles. The van der Waals surface area contributed by atoms with E-state index in [0.29, 0.717) is 0 Å². The molecule has 0 unspecified atom stereocenters. The fourth-order valence-electron chi connectivity index (χ4n) is 2.05. The minimum absolute atomic E-state index is 0.719. The number of nitrogens with one attached hydrogen (secondary N) is 1. The number of rotatable bonds is 5. The van der Waals surface area contributed by atoms with Crippen LogP contribution < -0.4 is 5.32 Å². The third kappa shape index (κ3) is 2.84. The first-order valence-corrected chi connectivity index (χ1v) is 6.60. The molecule has 2 heterocycles. The Morgan fingerprint density at radius 1 is 1.29 bits per heavy atom. The first kappa shape index (κ1) is 13.1. The number of aryl methyl sites for hydroxylation is 1. The van der Waals surface area contributed by atoms with E-state index in [0.717, 1.165) is 29.2 Å². The lowest BCUT2D eigenvalue weighted by atomic mass is 10.2. The molecule has 0 aliphatic heterocycles. The van der Waals surface area contributed by atoms with Gasteiger partial charge in [0, 0.05) is 42.8 Å². The van der Waals surface area contributed by atoms with Gasteiger partial charge in [0.15, 0.2) is 5.82 Å². The Morgan fingerprint density at radius 2 is 2.10 bits per heavy atom. The van der Waals surface area contributed by atoms with Crippen LogP contribution in [0, 0.1) is 0 Å². The highest BCUT2D eigenvalue weighted by Crippen LogP contribution is 2.19. The number of nitrogens with zero attached hydrogens (tertiary/aromatic N) is 5. The molecule has 0 saturated heterocycles. The molecular formula is C15H16N6. The first-order chi connectivity index (χ1) is 10.3. The van der Waals surface area contributed by atoms with Gasteiger partial charge < -0.3 is 9.88 Å². The van der Waals surface area contributed by atoms with Crippen molar-refractivity contribution in [1.82, 2.24) is 24.5 Å². The van der Waals surface area contributed by atoms with Gasteiger partial charge in [0.05, 0.1) is 6.20 Å². The van der Waals surface area contributed by atoms with Gasteiger partial charge in [-0.25, -0.2) is 4.68 Å². The quantitative estimate of drug-likeness (QED) is 0.779. The van der Waals surface area contributed by atoms with Crippen molar-refractivity contribution < 1.29 is 0 Å². The molecule has 3 rings (SSSR count). The minimum atomic E-state index is 0.719. The van der Waals surface area contributed by atoms with Crippen molar-refractivity contribution in [2.75, 3.05) is 5.32 Å². The van der Waals surface area contributed by atoms with Gasteiger partial charge in [-0.1, -0.05) is 6.58 Å². The fraction of sp³-hybridized carbons (Fsp3) is 0.133. The van der Waals surface area contributed by atoms with E-state index >= 15 is 0 Å². The van der Waals surface area contributed by atoms with Crippen LogP contribution in [0.15, 0.2) is 49.6 Å². The molecule has 6 nitrogen and oxygen atoms in total. The summed E-state index contributed by atoms with van der Waals surface area (Å²) in [7, 11) is 1.93. The maximum Gasteiger partial charge on any atom is 0.163 e. The molecule has 0 saturated carbocycles. The van der Waals surface area contributed by atoms with Gasteiger partial charge in [-0.2, -0.15) is 5.10 Å². The van der Waals surface area contributed by atoms with Crippen molar-refractivity contribution in [2.45, 2.75) is 6.54 Å². The smallest absolute Gasteiger partial charge is 0.163 e. The molecule has 106 valence electrons. The number of anilines is 1. The van der Waals surface area contributed by atoms with Crippen LogP contribution in [0.3, 0.4) is 0 Å². The monoisotopic (exact) mass is 280 g/mol. The molecule has 6 heteroatoms. The highest BCUT2D eigenvalue weighted by atomic mass is 15.3. The number of benzene rings is 1. The Hall–Kier alpha value is -2.89. The van der Waals surface area contributed by atoms with E-state index in [1.165, 1.54) is 0 Å². The van der Waals surface area contributed by atoms with Crippen LogP contribution in [0.4, 0.5) is 5.69 Å². The van der Waals surface area contributed by atoms with Crippen LogP contribution >= 0.6 is 0 Å². The van der Waals surface area contributed by atoms with Crippen molar-refractivity contribution in [1.29, 1.82) is 0 Å². The molecule has 0 fully saturated rings. The summed E-state index contributed by atoms with van der Waals surface area (Å²) in [5.41, 5.74) is 3.19. The molecule has 1 N–H and O–H groups in total. The maximum absolute atomic E-state index is 4.15. The van der Waals surface area contributed by atoms with Gasteiger partial charge in [-0.15, -0.1) is 10.2 Å². The van der Waals surface area contributed by atoms with Crippen LogP contribution in [-0.2, 0) is 13.6 Å². The van der Waals surface area contributed by atoms with Crippen molar-refractivity contribution in [3.05, 3.63) is 55.1 Å². The van der Waals surface area contributed by atoms with Crippen molar-refractivity contribution in [2.24, 2.45) is 7.05 Å². The summed E-state index contributed by atoms with van der Waals surface area (Å²) < 4.78 is 3.58. The number of aromatic nitrogens is 5. The van der Waals surface area contributed by atoms with E-state index in [4.69, 9.17) is 0 Å². The minimum Gasteiger partial charge on any atom is -0.381 e. The highest BCUT2D eigenvalue weighted by molar-refractivity contribution is 5.59. The summed E-state index contributed by atoms with van der Waals surface area (Å²) in [4.78, 5) is 0. The summed E-state index contributed by atoms with van der Waals surface area (Å²) in [5, 5.41) is 15.5. The van der Waals surface area contributed by atoms with Crippen molar-refractivity contribution in [3.8, 4) is 11.4 Å². The van der Waals surface area contributed by atoms with Gasteiger partial charge in [-0.05, 0) is 24.3 Å². The molecule has 21 heavy (non-hydrogen) atoms. The van der Waals surface area contributed by atoms with E-state index in [-0.39, 0.29) is 0 Å². The Balaban J connectivity index is 1.67. The second-order valence-corrected chi connectivity index (χ2v) is 4.71.